The van der Waals surface area contributed by atoms with Crippen LogP contribution < -0.4 is 5.32 Å². The van der Waals surface area contributed by atoms with E-state index in [4.69, 9.17) is 9.84 Å². The van der Waals surface area contributed by atoms with Crippen LogP contribution in [0.25, 0.3) is 0 Å². The van der Waals surface area contributed by atoms with Gasteiger partial charge in [-0.15, -0.1) is 0 Å². The number of benzene rings is 1. The Labute approximate surface area is 117 Å². The quantitative estimate of drug-likeness (QED) is 0.837. The number of carbonyl (C=O) groups is 2. The van der Waals surface area contributed by atoms with Crippen LogP contribution in [0.1, 0.15) is 25.3 Å². The second kappa shape index (κ2) is 6.41. The summed E-state index contributed by atoms with van der Waals surface area (Å²) in [5.74, 6) is -0.193. The van der Waals surface area contributed by atoms with Crippen molar-refractivity contribution in [3.8, 4) is 0 Å². The lowest BCUT2D eigenvalue weighted by Crippen LogP contribution is -2.38. The molecule has 5 nitrogen and oxygen atoms in total. The SMILES string of the molecule is CC1CC1[C@@H](CC(=O)O)NC(=O)OCc1ccccc1. The van der Waals surface area contributed by atoms with E-state index in [-0.39, 0.29) is 25.0 Å². The van der Waals surface area contributed by atoms with Crippen molar-refractivity contribution in [2.24, 2.45) is 11.8 Å². The molecule has 1 aromatic rings. The van der Waals surface area contributed by atoms with Crippen LogP contribution in [0.15, 0.2) is 30.3 Å². The zero-order valence-corrected chi connectivity index (χ0v) is 11.4. The van der Waals surface area contributed by atoms with E-state index in [1.165, 1.54) is 0 Å². The molecule has 1 aliphatic carbocycles. The number of hydrogen-bond donors (Lipinski definition) is 2. The van der Waals surface area contributed by atoms with Gasteiger partial charge in [-0.1, -0.05) is 37.3 Å². The first-order valence-electron chi connectivity index (χ1n) is 6.75. The smallest absolute Gasteiger partial charge is 0.407 e. The van der Waals surface area contributed by atoms with Gasteiger partial charge in [0.25, 0.3) is 0 Å². The van der Waals surface area contributed by atoms with E-state index in [0.717, 1.165) is 12.0 Å². The van der Waals surface area contributed by atoms with Gasteiger partial charge < -0.3 is 15.2 Å². The number of ether oxygens (including phenoxy) is 1. The van der Waals surface area contributed by atoms with Crippen LogP contribution in [0.4, 0.5) is 4.79 Å². The Morgan fingerprint density at radius 2 is 2.05 bits per heavy atom. The Morgan fingerprint density at radius 3 is 2.60 bits per heavy atom. The molecule has 2 N–H and O–H groups in total. The molecule has 2 rings (SSSR count). The van der Waals surface area contributed by atoms with E-state index >= 15 is 0 Å². The summed E-state index contributed by atoms with van der Waals surface area (Å²) in [4.78, 5) is 22.5. The van der Waals surface area contributed by atoms with Crippen LogP contribution in [-0.2, 0) is 16.1 Å². The summed E-state index contributed by atoms with van der Waals surface area (Å²) in [6, 6.07) is 9.02. The minimum Gasteiger partial charge on any atom is -0.481 e. The molecule has 1 amide bonds. The largest absolute Gasteiger partial charge is 0.481 e. The topological polar surface area (TPSA) is 75.6 Å². The van der Waals surface area contributed by atoms with Crippen LogP contribution in [0.5, 0.6) is 0 Å². The fraction of sp³-hybridized carbons (Fsp3) is 0.467. The third-order valence-corrected chi connectivity index (χ3v) is 3.60. The van der Waals surface area contributed by atoms with Gasteiger partial charge in [0.2, 0.25) is 0 Å². The summed E-state index contributed by atoms with van der Waals surface area (Å²) >= 11 is 0. The number of carboxylic acids is 1. The molecular weight excluding hydrogens is 258 g/mol. The third-order valence-electron chi connectivity index (χ3n) is 3.60. The first-order chi connectivity index (χ1) is 9.56. The molecule has 0 spiro atoms. The molecule has 108 valence electrons. The molecule has 1 aromatic carbocycles. The monoisotopic (exact) mass is 277 g/mol. The summed E-state index contributed by atoms with van der Waals surface area (Å²) in [5.41, 5.74) is 0.900. The van der Waals surface area contributed by atoms with Crippen molar-refractivity contribution < 1.29 is 19.4 Å². The first kappa shape index (κ1) is 14.4. The average Bonchev–Trinajstić information content (AvgIpc) is 3.13. The summed E-state index contributed by atoms with van der Waals surface area (Å²) in [6.45, 7) is 2.24. The molecule has 1 fully saturated rings. The van der Waals surface area contributed by atoms with Gasteiger partial charge in [0, 0.05) is 6.04 Å². The minimum absolute atomic E-state index is 0.0601. The highest BCUT2D eigenvalue weighted by Crippen LogP contribution is 2.41. The lowest BCUT2D eigenvalue weighted by molar-refractivity contribution is -0.137. The maximum Gasteiger partial charge on any atom is 0.407 e. The van der Waals surface area contributed by atoms with E-state index in [1.807, 2.05) is 30.3 Å². The molecule has 0 heterocycles. The number of alkyl carbamates (subject to hydrolysis) is 1. The molecular formula is C15H19NO4. The van der Waals surface area contributed by atoms with Crippen molar-refractivity contribution in [2.75, 3.05) is 0 Å². The van der Waals surface area contributed by atoms with Gasteiger partial charge in [-0.25, -0.2) is 4.79 Å². The Morgan fingerprint density at radius 1 is 1.40 bits per heavy atom. The molecule has 2 unspecified atom stereocenters. The second-order valence-electron chi connectivity index (χ2n) is 5.29. The molecule has 20 heavy (non-hydrogen) atoms. The van der Waals surface area contributed by atoms with Gasteiger partial charge >= 0.3 is 12.1 Å². The van der Waals surface area contributed by atoms with Crippen LogP contribution >= 0.6 is 0 Å². The molecule has 0 saturated heterocycles. The number of rotatable bonds is 6. The maximum atomic E-state index is 11.7. The molecule has 0 radical (unpaired) electrons. The highest BCUT2D eigenvalue weighted by Gasteiger charge is 2.41. The predicted molar refractivity (Wildman–Crippen MR) is 73.1 cm³/mol. The Bertz CT molecular complexity index is 474. The maximum absolute atomic E-state index is 11.7. The summed E-state index contributed by atoms with van der Waals surface area (Å²) in [7, 11) is 0. The third kappa shape index (κ3) is 4.26. The lowest BCUT2D eigenvalue weighted by atomic mass is 10.1. The summed E-state index contributed by atoms with van der Waals surface area (Å²) < 4.78 is 5.11. The van der Waals surface area contributed by atoms with Crippen molar-refractivity contribution in [1.29, 1.82) is 0 Å². The number of aliphatic carboxylic acids is 1. The van der Waals surface area contributed by atoms with Crippen LogP contribution in [0, 0.1) is 11.8 Å². The van der Waals surface area contributed by atoms with Crippen molar-refractivity contribution in [3.63, 3.8) is 0 Å². The fourth-order valence-corrected chi connectivity index (χ4v) is 2.33. The standard InChI is InChI=1S/C15H19NO4/c1-10-7-12(10)13(8-14(17)18)16-15(19)20-9-11-5-3-2-4-6-11/h2-6,10,12-13H,7-9H2,1H3,(H,16,19)(H,17,18)/t10?,12?,13-/m1/s1. The molecule has 0 bridgehead atoms. The highest BCUT2D eigenvalue weighted by molar-refractivity contribution is 5.71. The molecule has 5 heteroatoms. The van der Waals surface area contributed by atoms with Gasteiger partial charge in [0.05, 0.1) is 6.42 Å². The number of amides is 1. The lowest BCUT2D eigenvalue weighted by Gasteiger charge is -2.16. The van der Waals surface area contributed by atoms with Gasteiger partial charge in [-0.05, 0) is 23.8 Å². The van der Waals surface area contributed by atoms with E-state index in [9.17, 15) is 9.59 Å². The van der Waals surface area contributed by atoms with Gasteiger partial charge in [-0.3, -0.25) is 4.79 Å². The van der Waals surface area contributed by atoms with Crippen molar-refractivity contribution in [2.45, 2.75) is 32.4 Å². The van der Waals surface area contributed by atoms with Crippen molar-refractivity contribution in [3.05, 3.63) is 35.9 Å². The summed E-state index contributed by atoms with van der Waals surface area (Å²) in [5, 5.41) is 11.5. The Hall–Kier alpha value is -2.04. The predicted octanol–water partition coefficient (Wildman–Crippen LogP) is 2.41. The van der Waals surface area contributed by atoms with Gasteiger partial charge in [-0.2, -0.15) is 0 Å². The number of carbonyl (C=O) groups excluding carboxylic acids is 1. The van der Waals surface area contributed by atoms with E-state index in [0.29, 0.717) is 5.92 Å². The second-order valence-corrected chi connectivity index (χ2v) is 5.29. The Balaban J connectivity index is 1.81. The molecule has 1 saturated carbocycles. The van der Waals surface area contributed by atoms with E-state index in [1.54, 1.807) is 0 Å². The van der Waals surface area contributed by atoms with Crippen LogP contribution in [0.2, 0.25) is 0 Å². The normalized spacial score (nSPS) is 21.9. The van der Waals surface area contributed by atoms with E-state index in [2.05, 4.69) is 12.2 Å². The fourth-order valence-electron chi connectivity index (χ4n) is 2.33. The van der Waals surface area contributed by atoms with Crippen molar-refractivity contribution in [1.82, 2.24) is 5.32 Å². The van der Waals surface area contributed by atoms with Crippen LogP contribution in [-0.4, -0.2) is 23.2 Å². The van der Waals surface area contributed by atoms with Crippen molar-refractivity contribution >= 4 is 12.1 Å². The first-order valence-corrected chi connectivity index (χ1v) is 6.75. The zero-order valence-electron chi connectivity index (χ0n) is 11.4. The number of hydrogen-bond acceptors (Lipinski definition) is 3. The molecule has 1 aliphatic rings. The molecule has 0 aromatic heterocycles. The number of carboxylic acid groups (broad SMARTS) is 1. The van der Waals surface area contributed by atoms with E-state index < -0.39 is 12.1 Å². The number of nitrogens with one attached hydrogen (secondary N) is 1. The molecule has 3 atom stereocenters. The zero-order chi connectivity index (χ0) is 14.5. The summed E-state index contributed by atoms with van der Waals surface area (Å²) in [6.07, 6.45) is 0.339. The average molecular weight is 277 g/mol. The van der Waals surface area contributed by atoms with Gasteiger partial charge in [0.1, 0.15) is 6.61 Å². The minimum atomic E-state index is -0.905. The Kier molecular flexibility index (Phi) is 4.61. The van der Waals surface area contributed by atoms with Crippen LogP contribution in [0.3, 0.4) is 0 Å². The molecule has 0 aliphatic heterocycles. The highest BCUT2D eigenvalue weighted by atomic mass is 16.5. The van der Waals surface area contributed by atoms with Gasteiger partial charge in [0.15, 0.2) is 0 Å².